The summed E-state index contributed by atoms with van der Waals surface area (Å²) in [7, 11) is 0. The fraction of sp³-hybridized carbons (Fsp3) is 0.333. The summed E-state index contributed by atoms with van der Waals surface area (Å²) in [6.45, 7) is 3.80. The molecule has 2 aromatic rings. The monoisotopic (exact) mass is 222 g/mol. The number of halogens is 1. The quantitative estimate of drug-likeness (QED) is 0.851. The van der Waals surface area contributed by atoms with E-state index < -0.39 is 0 Å². The van der Waals surface area contributed by atoms with E-state index in [-0.39, 0.29) is 0 Å². The number of benzene rings is 1. The van der Waals surface area contributed by atoms with E-state index in [0.29, 0.717) is 0 Å². The van der Waals surface area contributed by atoms with Crippen molar-refractivity contribution >= 4 is 22.5 Å². The Hall–Kier alpha value is -0.990. The molecule has 0 amide bonds. The van der Waals surface area contributed by atoms with Crippen LogP contribution in [0.2, 0.25) is 5.02 Å². The molecule has 2 nitrogen and oxygen atoms in total. The highest BCUT2D eigenvalue weighted by atomic mass is 35.5. The number of hydrogen-bond donors (Lipinski definition) is 1. The lowest BCUT2D eigenvalue weighted by Gasteiger charge is -2.03. The molecule has 3 heteroatoms. The maximum Gasteiger partial charge on any atom is 0.0497 e. The van der Waals surface area contributed by atoms with Crippen LogP contribution in [0.25, 0.3) is 10.9 Å². The maximum absolute atomic E-state index is 6.00. The summed E-state index contributed by atoms with van der Waals surface area (Å²) in [5.41, 5.74) is 8.01. The number of aromatic nitrogens is 1. The first kappa shape index (κ1) is 10.5. The average molecular weight is 223 g/mol. The number of hydrogen-bond acceptors (Lipinski definition) is 1. The fourth-order valence-corrected chi connectivity index (χ4v) is 2.06. The van der Waals surface area contributed by atoms with Gasteiger partial charge in [0.25, 0.3) is 0 Å². The second kappa shape index (κ2) is 4.25. The Morgan fingerprint density at radius 1 is 1.40 bits per heavy atom. The van der Waals surface area contributed by atoms with Gasteiger partial charge in [0.05, 0.1) is 0 Å². The first-order valence-corrected chi connectivity index (χ1v) is 5.55. The summed E-state index contributed by atoms with van der Waals surface area (Å²) < 4.78 is 2.23. The van der Waals surface area contributed by atoms with Crippen LogP contribution in [0.5, 0.6) is 0 Å². The number of rotatable bonds is 3. The number of nitrogens with zero attached hydrogens (tertiary/aromatic N) is 1. The third-order valence-corrected chi connectivity index (χ3v) is 2.88. The first-order chi connectivity index (χ1) is 7.22. The highest BCUT2D eigenvalue weighted by molar-refractivity contribution is 6.31. The van der Waals surface area contributed by atoms with Crippen molar-refractivity contribution in [2.24, 2.45) is 5.73 Å². The van der Waals surface area contributed by atoms with E-state index in [2.05, 4.69) is 23.8 Å². The Bertz CT molecular complexity index is 474. The summed E-state index contributed by atoms with van der Waals surface area (Å²) in [4.78, 5) is 0. The van der Waals surface area contributed by atoms with Crippen LogP contribution < -0.4 is 5.73 Å². The third kappa shape index (κ3) is 2.01. The highest BCUT2D eigenvalue weighted by Gasteiger charge is 2.05. The van der Waals surface area contributed by atoms with E-state index in [4.69, 9.17) is 17.3 Å². The molecule has 0 aliphatic carbocycles. The third-order valence-electron chi connectivity index (χ3n) is 2.65. The van der Waals surface area contributed by atoms with Crippen LogP contribution >= 0.6 is 11.6 Å². The molecule has 0 bridgehead atoms. The molecule has 2 N–H and O–H groups in total. The standard InChI is InChI=1S/C12H15ClN2/c1-9-8-15(6-2-5-14)12-7-10(13)3-4-11(9)12/h3-4,7-8H,2,5-6,14H2,1H3. The molecule has 0 fully saturated rings. The normalized spacial score (nSPS) is 11.1. The smallest absolute Gasteiger partial charge is 0.0497 e. The zero-order chi connectivity index (χ0) is 10.8. The predicted molar refractivity (Wildman–Crippen MR) is 65.4 cm³/mol. The van der Waals surface area contributed by atoms with E-state index >= 15 is 0 Å². The molecule has 1 aromatic heterocycles. The van der Waals surface area contributed by atoms with Gasteiger partial charge in [0.15, 0.2) is 0 Å². The molecule has 1 aromatic carbocycles. The molecule has 0 saturated heterocycles. The molecule has 0 aliphatic rings. The molecule has 0 radical (unpaired) electrons. The van der Waals surface area contributed by atoms with Gasteiger partial charge in [-0.2, -0.15) is 0 Å². The zero-order valence-electron chi connectivity index (χ0n) is 8.83. The Balaban J connectivity index is 2.49. The predicted octanol–water partition coefficient (Wildman–Crippen LogP) is 2.95. The summed E-state index contributed by atoms with van der Waals surface area (Å²) in [5.74, 6) is 0. The van der Waals surface area contributed by atoms with Crippen molar-refractivity contribution in [1.29, 1.82) is 0 Å². The summed E-state index contributed by atoms with van der Waals surface area (Å²) in [6.07, 6.45) is 3.16. The van der Waals surface area contributed by atoms with Crippen molar-refractivity contribution in [3.05, 3.63) is 35.0 Å². The summed E-state index contributed by atoms with van der Waals surface area (Å²) >= 11 is 6.00. The van der Waals surface area contributed by atoms with Crippen molar-refractivity contribution in [1.82, 2.24) is 4.57 Å². The lowest BCUT2D eigenvalue weighted by Crippen LogP contribution is -2.04. The van der Waals surface area contributed by atoms with Gasteiger partial charge >= 0.3 is 0 Å². The Kier molecular flexibility index (Phi) is 2.98. The Morgan fingerprint density at radius 3 is 2.93 bits per heavy atom. The van der Waals surface area contributed by atoms with Crippen molar-refractivity contribution in [3.8, 4) is 0 Å². The van der Waals surface area contributed by atoms with Gasteiger partial charge in [0.2, 0.25) is 0 Å². The summed E-state index contributed by atoms with van der Waals surface area (Å²) in [6, 6.07) is 6.02. The second-order valence-corrected chi connectivity index (χ2v) is 4.25. The van der Waals surface area contributed by atoms with E-state index in [1.165, 1.54) is 16.5 Å². The lowest BCUT2D eigenvalue weighted by atomic mass is 10.2. The van der Waals surface area contributed by atoms with E-state index in [1.807, 2.05) is 12.1 Å². The van der Waals surface area contributed by atoms with Crippen LogP contribution in [0, 0.1) is 6.92 Å². The van der Waals surface area contributed by atoms with Gasteiger partial charge in [0.1, 0.15) is 0 Å². The first-order valence-electron chi connectivity index (χ1n) is 5.17. The van der Waals surface area contributed by atoms with E-state index in [0.717, 1.165) is 24.5 Å². The van der Waals surface area contributed by atoms with Gasteiger partial charge in [-0.25, -0.2) is 0 Å². The molecule has 0 unspecified atom stereocenters. The molecule has 0 saturated carbocycles. The minimum atomic E-state index is 0.722. The van der Waals surface area contributed by atoms with Crippen LogP contribution in [0.3, 0.4) is 0 Å². The van der Waals surface area contributed by atoms with E-state index in [1.54, 1.807) is 0 Å². The number of fused-ring (bicyclic) bond motifs is 1. The van der Waals surface area contributed by atoms with Crippen LogP contribution in [0.1, 0.15) is 12.0 Å². The van der Waals surface area contributed by atoms with Crippen molar-refractivity contribution in [2.75, 3.05) is 6.54 Å². The number of nitrogens with two attached hydrogens (primary N) is 1. The molecule has 2 rings (SSSR count). The average Bonchev–Trinajstić information content (AvgIpc) is 2.52. The van der Waals surface area contributed by atoms with Crippen LogP contribution in [0.4, 0.5) is 0 Å². The minimum absolute atomic E-state index is 0.722. The zero-order valence-corrected chi connectivity index (χ0v) is 9.59. The van der Waals surface area contributed by atoms with Gasteiger partial charge in [-0.3, -0.25) is 0 Å². The van der Waals surface area contributed by atoms with Crippen LogP contribution in [-0.2, 0) is 6.54 Å². The van der Waals surface area contributed by atoms with Crippen LogP contribution in [-0.4, -0.2) is 11.1 Å². The van der Waals surface area contributed by atoms with Crippen molar-refractivity contribution in [3.63, 3.8) is 0 Å². The van der Waals surface area contributed by atoms with E-state index in [9.17, 15) is 0 Å². The molecule has 15 heavy (non-hydrogen) atoms. The topological polar surface area (TPSA) is 30.9 Å². The Morgan fingerprint density at radius 2 is 2.20 bits per heavy atom. The minimum Gasteiger partial charge on any atom is -0.347 e. The molecular formula is C12H15ClN2. The molecule has 0 atom stereocenters. The van der Waals surface area contributed by atoms with Crippen molar-refractivity contribution in [2.45, 2.75) is 19.9 Å². The van der Waals surface area contributed by atoms with Gasteiger partial charge in [0, 0.05) is 28.7 Å². The second-order valence-electron chi connectivity index (χ2n) is 3.81. The van der Waals surface area contributed by atoms with Gasteiger partial charge < -0.3 is 10.3 Å². The van der Waals surface area contributed by atoms with Gasteiger partial charge in [-0.15, -0.1) is 0 Å². The largest absolute Gasteiger partial charge is 0.347 e. The highest BCUT2D eigenvalue weighted by Crippen LogP contribution is 2.24. The van der Waals surface area contributed by atoms with Crippen LogP contribution in [0.15, 0.2) is 24.4 Å². The van der Waals surface area contributed by atoms with Crippen molar-refractivity contribution < 1.29 is 0 Å². The SMILES string of the molecule is Cc1cn(CCCN)c2cc(Cl)ccc12. The summed E-state index contributed by atoms with van der Waals surface area (Å²) in [5, 5.41) is 2.06. The van der Waals surface area contributed by atoms with Gasteiger partial charge in [-0.1, -0.05) is 17.7 Å². The van der Waals surface area contributed by atoms with Gasteiger partial charge in [-0.05, 0) is 37.6 Å². The maximum atomic E-state index is 6.00. The molecule has 0 aliphatic heterocycles. The molecule has 0 spiro atoms. The number of aryl methyl sites for hydroxylation is 2. The molecule has 1 heterocycles. The molecule has 80 valence electrons. The Labute approximate surface area is 94.6 Å². The molecular weight excluding hydrogens is 208 g/mol. The lowest BCUT2D eigenvalue weighted by molar-refractivity contribution is 0.670. The fourth-order valence-electron chi connectivity index (χ4n) is 1.90.